The molecule has 1 heterocycles. The van der Waals surface area contributed by atoms with Crippen LogP contribution in [0.15, 0.2) is 6.58 Å². The van der Waals surface area contributed by atoms with Crippen LogP contribution in [0.2, 0.25) is 0 Å². The molecule has 0 aliphatic rings. The van der Waals surface area contributed by atoms with Gasteiger partial charge in [-0.1, -0.05) is 17.9 Å². The van der Waals surface area contributed by atoms with Crippen molar-refractivity contribution in [2.45, 2.75) is 6.92 Å². The molecule has 0 fully saturated rings. The largest absolute Gasteiger partial charge is 0.478 e. The van der Waals surface area contributed by atoms with Gasteiger partial charge in [-0.2, -0.15) is 0 Å². The molecule has 0 aliphatic carbocycles. The number of hydrogen-bond donors (Lipinski definition) is 1. The summed E-state index contributed by atoms with van der Waals surface area (Å²) in [6.45, 7) is 5.29. The van der Waals surface area contributed by atoms with Crippen LogP contribution in [0.4, 0.5) is 5.13 Å². The molecule has 1 aromatic rings. The van der Waals surface area contributed by atoms with Crippen LogP contribution in [0.3, 0.4) is 0 Å². The van der Waals surface area contributed by atoms with Crippen molar-refractivity contribution >= 4 is 28.0 Å². The highest BCUT2D eigenvalue weighted by atomic mass is 32.1. The summed E-state index contributed by atoms with van der Waals surface area (Å²) in [5.41, 5.74) is 0.819. The molecule has 0 radical (unpaired) electrons. The highest BCUT2D eigenvalue weighted by Crippen LogP contribution is 2.29. The number of carboxylic acid groups (broad SMARTS) is 1. The number of hydrogen-bond acceptors (Lipinski definition) is 4. The maximum absolute atomic E-state index is 10.7. The predicted molar refractivity (Wildman–Crippen MR) is 57.8 cm³/mol. The van der Waals surface area contributed by atoms with E-state index >= 15 is 0 Å². The summed E-state index contributed by atoms with van der Waals surface area (Å²) >= 11 is 1.34. The van der Waals surface area contributed by atoms with Gasteiger partial charge in [-0.15, -0.1) is 0 Å². The molecular formula is C9H12N2O2S. The lowest BCUT2D eigenvalue weighted by Gasteiger charge is -2.05. The molecule has 0 atom stereocenters. The van der Waals surface area contributed by atoms with Gasteiger partial charge < -0.3 is 10.0 Å². The van der Waals surface area contributed by atoms with Gasteiger partial charge in [0, 0.05) is 14.1 Å². The predicted octanol–water partition coefficient (Wildman–Crippen LogP) is 1.62. The Bertz CT molecular complexity index is 382. The van der Waals surface area contributed by atoms with Crippen molar-refractivity contribution in [2.24, 2.45) is 0 Å². The molecule has 1 N–H and O–H groups in total. The van der Waals surface area contributed by atoms with Crippen molar-refractivity contribution in [3.63, 3.8) is 0 Å². The minimum absolute atomic E-state index is 0.105. The first-order valence-corrected chi connectivity index (χ1v) is 4.82. The summed E-state index contributed by atoms with van der Waals surface area (Å²) in [6, 6.07) is 0. The van der Waals surface area contributed by atoms with Crippen LogP contribution in [-0.2, 0) is 4.79 Å². The van der Waals surface area contributed by atoms with E-state index in [1.54, 1.807) is 6.92 Å². The Balaban J connectivity index is 3.10. The van der Waals surface area contributed by atoms with Crippen molar-refractivity contribution in [3.8, 4) is 0 Å². The molecule has 0 saturated carbocycles. The molecule has 14 heavy (non-hydrogen) atoms. The summed E-state index contributed by atoms with van der Waals surface area (Å²) < 4.78 is 0. The minimum Gasteiger partial charge on any atom is -0.478 e. The fraction of sp³-hybridized carbons (Fsp3) is 0.333. The second-order valence-corrected chi connectivity index (χ2v) is 4.07. The number of carbonyl (C=O) groups is 1. The van der Waals surface area contributed by atoms with E-state index < -0.39 is 5.97 Å². The zero-order chi connectivity index (χ0) is 10.9. The van der Waals surface area contributed by atoms with Crippen LogP contribution in [-0.4, -0.2) is 30.2 Å². The number of anilines is 1. The van der Waals surface area contributed by atoms with Gasteiger partial charge in [0.15, 0.2) is 5.13 Å². The molecule has 5 heteroatoms. The molecule has 0 bridgehead atoms. The van der Waals surface area contributed by atoms with Gasteiger partial charge in [0.1, 0.15) is 0 Å². The quantitative estimate of drug-likeness (QED) is 0.773. The molecular weight excluding hydrogens is 200 g/mol. The molecule has 0 spiro atoms. The number of nitrogens with zero attached hydrogens (tertiary/aromatic N) is 2. The smallest absolute Gasteiger partial charge is 0.336 e. The molecule has 1 rings (SSSR count). The van der Waals surface area contributed by atoms with Gasteiger partial charge in [0.2, 0.25) is 0 Å². The standard InChI is InChI=1S/C9H12N2O2S/c1-5(8(12)13)7-6(2)10-9(14-7)11(3)4/h1H2,2-4H3,(H,12,13). The van der Waals surface area contributed by atoms with E-state index in [4.69, 9.17) is 5.11 Å². The Morgan fingerprint density at radius 1 is 1.57 bits per heavy atom. The van der Waals surface area contributed by atoms with Crippen molar-refractivity contribution in [2.75, 3.05) is 19.0 Å². The lowest BCUT2D eigenvalue weighted by Crippen LogP contribution is -2.07. The van der Waals surface area contributed by atoms with E-state index in [9.17, 15) is 4.79 Å². The van der Waals surface area contributed by atoms with Crippen molar-refractivity contribution in [1.82, 2.24) is 4.98 Å². The van der Waals surface area contributed by atoms with Gasteiger partial charge in [-0.05, 0) is 6.92 Å². The molecule has 0 saturated heterocycles. The van der Waals surface area contributed by atoms with Gasteiger partial charge in [-0.3, -0.25) is 0 Å². The average Bonchev–Trinajstić information content (AvgIpc) is 2.46. The first kappa shape index (κ1) is 10.7. The van der Waals surface area contributed by atoms with E-state index in [1.165, 1.54) is 11.3 Å². The maximum atomic E-state index is 10.7. The highest BCUT2D eigenvalue weighted by molar-refractivity contribution is 7.17. The van der Waals surface area contributed by atoms with Gasteiger partial charge in [0.05, 0.1) is 16.1 Å². The lowest BCUT2D eigenvalue weighted by molar-refractivity contribution is -0.130. The number of rotatable bonds is 3. The molecule has 1 aromatic heterocycles. The molecule has 0 unspecified atom stereocenters. The summed E-state index contributed by atoms with van der Waals surface area (Å²) in [5, 5.41) is 9.57. The van der Waals surface area contributed by atoms with Crippen molar-refractivity contribution in [3.05, 3.63) is 17.2 Å². The lowest BCUT2D eigenvalue weighted by atomic mass is 10.2. The van der Waals surface area contributed by atoms with Crippen LogP contribution in [0.25, 0.3) is 5.57 Å². The van der Waals surface area contributed by atoms with E-state index in [1.807, 2.05) is 19.0 Å². The third kappa shape index (κ3) is 1.93. The number of aliphatic carboxylic acids is 1. The Morgan fingerprint density at radius 3 is 2.50 bits per heavy atom. The SMILES string of the molecule is C=C(C(=O)O)c1sc(N(C)C)nc1C. The van der Waals surface area contributed by atoms with Crippen LogP contribution < -0.4 is 4.90 Å². The fourth-order valence-corrected chi connectivity index (χ4v) is 1.90. The van der Waals surface area contributed by atoms with E-state index in [-0.39, 0.29) is 5.57 Å². The Hall–Kier alpha value is -1.36. The van der Waals surface area contributed by atoms with Gasteiger partial charge >= 0.3 is 5.97 Å². The van der Waals surface area contributed by atoms with Crippen molar-refractivity contribution in [1.29, 1.82) is 0 Å². The molecule has 4 nitrogen and oxygen atoms in total. The van der Waals surface area contributed by atoms with Crippen LogP contribution in [0, 0.1) is 6.92 Å². The third-order valence-corrected chi connectivity index (χ3v) is 3.09. The number of carboxylic acids is 1. The number of aromatic nitrogens is 1. The Kier molecular flexibility index (Phi) is 2.90. The molecule has 0 aromatic carbocycles. The zero-order valence-electron chi connectivity index (χ0n) is 8.37. The summed E-state index contributed by atoms with van der Waals surface area (Å²) in [5.74, 6) is -0.998. The summed E-state index contributed by atoms with van der Waals surface area (Å²) in [4.78, 5) is 17.4. The van der Waals surface area contributed by atoms with Crippen LogP contribution in [0.1, 0.15) is 10.6 Å². The van der Waals surface area contributed by atoms with Crippen molar-refractivity contribution < 1.29 is 9.90 Å². The monoisotopic (exact) mass is 212 g/mol. The molecule has 0 amide bonds. The summed E-state index contributed by atoms with van der Waals surface area (Å²) in [6.07, 6.45) is 0. The molecule has 0 aliphatic heterocycles. The normalized spacial score (nSPS) is 9.93. The van der Waals surface area contributed by atoms with Gasteiger partial charge in [0.25, 0.3) is 0 Å². The first-order chi connectivity index (χ1) is 6.43. The van der Waals surface area contributed by atoms with E-state index in [2.05, 4.69) is 11.6 Å². The second kappa shape index (κ2) is 3.79. The van der Waals surface area contributed by atoms with E-state index in [0.717, 1.165) is 5.13 Å². The second-order valence-electron chi connectivity index (χ2n) is 3.09. The maximum Gasteiger partial charge on any atom is 0.336 e. The minimum atomic E-state index is -0.998. The number of aryl methyl sites for hydroxylation is 1. The third-order valence-electron chi connectivity index (χ3n) is 1.70. The zero-order valence-corrected chi connectivity index (χ0v) is 9.18. The first-order valence-electron chi connectivity index (χ1n) is 4.00. The average molecular weight is 212 g/mol. The Morgan fingerprint density at radius 2 is 2.14 bits per heavy atom. The van der Waals surface area contributed by atoms with E-state index in [0.29, 0.717) is 10.6 Å². The van der Waals surface area contributed by atoms with Crippen LogP contribution in [0.5, 0.6) is 0 Å². The fourth-order valence-electron chi connectivity index (χ4n) is 0.951. The number of thiazole rings is 1. The van der Waals surface area contributed by atoms with Gasteiger partial charge in [-0.25, -0.2) is 9.78 Å². The summed E-state index contributed by atoms with van der Waals surface area (Å²) in [7, 11) is 3.73. The topological polar surface area (TPSA) is 53.4 Å². The van der Waals surface area contributed by atoms with Crippen LogP contribution >= 0.6 is 11.3 Å². The highest BCUT2D eigenvalue weighted by Gasteiger charge is 2.15. The Labute approximate surface area is 86.5 Å². The molecule has 76 valence electrons.